The molecule has 2 atom stereocenters. The number of aryl methyl sites for hydroxylation is 3. The van der Waals surface area contributed by atoms with Gasteiger partial charge in [0, 0.05) is 25.8 Å². The van der Waals surface area contributed by atoms with Crippen LogP contribution in [0.3, 0.4) is 0 Å². The number of anilines is 1. The molecule has 3 aliphatic heterocycles. The predicted molar refractivity (Wildman–Crippen MR) is 120 cm³/mol. The molecule has 0 saturated carbocycles. The molecule has 5 rings (SSSR count). The third kappa shape index (κ3) is 3.07. The number of carbonyl (C=O) groups excluding carboxylic acids is 2. The second kappa shape index (κ2) is 7.11. The summed E-state index contributed by atoms with van der Waals surface area (Å²) in [6.45, 7) is 7.93. The molecule has 31 heavy (non-hydrogen) atoms. The summed E-state index contributed by atoms with van der Waals surface area (Å²) in [5, 5.41) is 0. The van der Waals surface area contributed by atoms with Gasteiger partial charge in [0.15, 0.2) is 12.2 Å². The molecule has 3 aliphatic rings. The Bertz CT molecular complexity index is 1110. The zero-order valence-corrected chi connectivity index (χ0v) is 18.4. The Kier molecular flexibility index (Phi) is 4.50. The van der Waals surface area contributed by atoms with E-state index in [1.165, 1.54) is 16.0 Å². The van der Waals surface area contributed by atoms with Crippen LogP contribution in [0, 0.1) is 20.8 Å². The highest BCUT2D eigenvalue weighted by Gasteiger charge is 2.54. The minimum absolute atomic E-state index is 0.170. The summed E-state index contributed by atoms with van der Waals surface area (Å²) in [5.74, 6) is 0.616. The molecule has 0 aromatic heterocycles. The molecule has 160 valence electrons. The number of aliphatic imine (C=N–C) groups is 1. The van der Waals surface area contributed by atoms with Gasteiger partial charge in [0.1, 0.15) is 0 Å². The lowest BCUT2D eigenvalue weighted by molar-refractivity contribution is -0.137. The smallest absolute Gasteiger partial charge is 0.325 e. The largest absolute Gasteiger partial charge is 0.328 e. The summed E-state index contributed by atoms with van der Waals surface area (Å²) in [5.41, 5.74) is 5.52. The van der Waals surface area contributed by atoms with E-state index in [2.05, 4.69) is 41.8 Å². The summed E-state index contributed by atoms with van der Waals surface area (Å²) in [4.78, 5) is 38.7. The van der Waals surface area contributed by atoms with Crippen LogP contribution in [0.5, 0.6) is 0 Å². The average molecular weight is 418 g/mol. The fourth-order valence-electron chi connectivity index (χ4n) is 4.81. The number of amides is 3. The van der Waals surface area contributed by atoms with E-state index < -0.39 is 12.2 Å². The Hall–Kier alpha value is -3.35. The minimum atomic E-state index is -0.489. The summed E-state index contributed by atoms with van der Waals surface area (Å²) in [7, 11) is 1.74. The number of rotatable bonds is 3. The van der Waals surface area contributed by atoms with Crippen molar-refractivity contribution in [1.29, 1.82) is 0 Å². The molecular formula is C24H27N5O2. The first kappa shape index (κ1) is 19.6. The molecular weight excluding hydrogens is 390 g/mol. The van der Waals surface area contributed by atoms with Gasteiger partial charge in [-0.2, -0.15) is 0 Å². The fraction of sp³-hybridized carbons (Fsp3) is 0.375. The van der Waals surface area contributed by atoms with Gasteiger partial charge in [-0.3, -0.25) is 9.69 Å². The van der Waals surface area contributed by atoms with Gasteiger partial charge in [-0.1, -0.05) is 42.0 Å². The fourth-order valence-corrected chi connectivity index (χ4v) is 4.81. The molecule has 2 saturated heterocycles. The molecule has 7 heteroatoms. The Morgan fingerprint density at radius 3 is 2.55 bits per heavy atom. The Balaban J connectivity index is 1.46. The number of likely N-dealkylation sites (N-methyl/N-ethyl adjacent to an activating group) is 1. The Morgan fingerprint density at radius 2 is 1.77 bits per heavy atom. The molecule has 0 radical (unpaired) electrons. The van der Waals surface area contributed by atoms with E-state index in [-0.39, 0.29) is 18.5 Å². The van der Waals surface area contributed by atoms with Crippen LogP contribution in [0.25, 0.3) is 0 Å². The molecule has 2 unspecified atom stereocenters. The molecule has 0 N–H and O–H groups in total. The molecule has 0 bridgehead atoms. The molecule has 2 fully saturated rings. The van der Waals surface area contributed by atoms with E-state index in [4.69, 9.17) is 4.99 Å². The van der Waals surface area contributed by atoms with Crippen LogP contribution in [0.4, 0.5) is 10.5 Å². The van der Waals surface area contributed by atoms with Gasteiger partial charge in [0.05, 0.1) is 6.54 Å². The number of hydrogen-bond acceptors (Lipinski definition) is 5. The minimum Gasteiger partial charge on any atom is -0.325 e. The van der Waals surface area contributed by atoms with Gasteiger partial charge >= 0.3 is 6.03 Å². The first-order valence-electron chi connectivity index (χ1n) is 10.7. The molecule has 0 aliphatic carbocycles. The lowest BCUT2D eigenvalue weighted by Gasteiger charge is -2.40. The normalized spacial score (nSPS) is 22.8. The van der Waals surface area contributed by atoms with Crippen molar-refractivity contribution in [3.63, 3.8) is 0 Å². The van der Waals surface area contributed by atoms with E-state index in [0.717, 1.165) is 29.3 Å². The van der Waals surface area contributed by atoms with Gasteiger partial charge in [0.25, 0.3) is 5.91 Å². The average Bonchev–Trinajstić information content (AvgIpc) is 3.31. The number of fused-ring (bicyclic) bond motifs is 3. The SMILES string of the molecule is Cc1cccc(CN2C(=O)C3C(N=C4N(c5cc(C)ccc5C)CCN43)N(C)C2=O)c1. The van der Waals surface area contributed by atoms with Crippen LogP contribution in [0.2, 0.25) is 0 Å². The molecule has 3 amide bonds. The lowest BCUT2D eigenvalue weighted by Crippen LogP contribution is -2.64. The van der Waals surface area contributed by atoms with Gasteiger partial charge < -0.3 is 14.7 Å². The van der Waals surface area contributed by atoms with Crippen molar-refractivity contribution in [3.8, 4) is 0 Å². The van der Waals surface area contributed by atoms with Gasteiger partial charge in [-0.15, -0.1) is 0 Å². The highest BCUT2D eigenvalue weighted by molar-refractivity contribution is 6.08. The Labute approximate surface area is 182 Å². The summed E-state index contributed by atoms with van der Waals surface area (Å²) >= 11 is 0. The topological polar surface area (TPSA) is 59.5 Å². The first-order chi connectivity index (χ1) is 14.8. The maximum atomic E-state index is 13.5. The summed E-state index contributed by atoms with van der Waals surface area (Å²) in [6.07, 6.45) is -0.489. The number of guanidine groups is 1. The highest BCUT2D eigenvalue weighted by Crippen LogP contribution is 2.35. The number of imide groups is 1. The molecule has 7 nitrogen and oxygen atoms in total. The predicted octanol–water partition coefficient (Wildman–Crippen LogP) is 2.89. The molecule has 2 aromatic rings. The van der Waals surface area contributed by atoms with Crippen molar-refractivity contribution in [3.05, 3.63) is 64.7 Å². The van der Waals surface area contributed by atoms with E-state index >= 15 is 0 Å². The van der Waals surface area contributed by atoms with Crippen molar-refractivity contribution >= 4 is 23.6 Å². The standard InChI is InChI=1S/C24H27N5O2/c1-15-6-5-7-18(12-15)14-29-22(30)20-21(26(4)24(29)31)25-23-27(10-11-28(20)23)19-13-16(2)8-9-17(19)3/h5-9,12-13,20-21H,10-11,14H2,1-4H3. The van der Waals surface area contributed by atoms with Crippen LogP contribution in [0.15, 0.2) is 47.5 Å². The zero-order valence-electron chi connectivity index (χ0n) is 18.4. The quantitative estimate of drug-likeness (QED) is 0.771. The zero-order chi connectivity index (χ0) is 21.9. The molecule has 0 spiro atoms. The van der Waals surface area contributed by atoms with Crippen molar-refractivity contribution in [2.24, 2.45) is 4.99 Å². The van der Waals surface area contributed by atoms with E-state index in [9.17, 15) is 9.59 Å². The number of benzene rings is 2. The second-order valence-corrected chi connectivity index (χ2v) is 8.73. The van der Waals surface area contributed by atoms with E-state index in [1.807, 2.05) is 31.2 Å². The third-order valence-corrected chi connectivity index (χ3v) is 6.46. The van der Waals surface area contributed by atoms with Crippen molar-refractivity contribution < 1.29 is 9.59 Å². The van der Waals surface area contributed by atoms with Crippen molar-refractivity contribution in [2.45, 2.75) is 39.5 Å². The number of urea groups is 1. The number of carbonyl (C=O) groups is 2. The van der Waals surface area contributed by atoms with Crippen LogP contribution in [-0.4, -0.2) is 64.9 Å². The van der Waals surface area contributed by atoms with Crippen molar-refractivity contribution in [2.75, 3.05) is 25.0 Å². The van der Waals surface area contributed by atoms with Crippen LogP contribution < -0.4 is 4.90 Å². The summed E-state index contributed by atoms with van der Waals surface area (Å²) < 4.78 is 0. The first-order valence-corrected chi connectivity index (χ1v) is 10.7. The van der Waals surface area contributed by atoms with Crippen LogP contribution in [-0.2, 0) is 11.3 Å². The van der Waals surface area contributed by atoms with E-state index in [1.54, 1.807) is 11.9 Å². The van der Waals surface area contributed by atoms with Gasteiger partial charge in [-0.25, -0.2) is 9.79 Å². The van der Waals surface area contributed by atoms with Gasteiger partial charge in [-0.05, 0) is 43.5 Å². The van der Waals surface area contributed by atoms with Crippen LogP contribution >= 0.6 is 0 Å². The number of hydrogen-bond donors (Lipinski definition) is 0. The summed E-state index contributed by atoms with van der Waals surface area (Å²) in [6, 6.07) is 13.5. The monoisotopic (exact) mass is 417 g/mol. The maximum Gasteiger partial charge on any atom is 0.328 e. The van der Waals surface area contributed by atoms with Gasteiger partial charge in [0.2, 0.25) is 5.96 Å². The van der Waals surface area contributed by atoms with Crippen LogP contribution in [0.1, 0.15) is 22.3 Å². The lowest BCUT2D eigenvalue weighted by atomic mass is 10.1. The highest BCUT2D eigenvalue weighted by atomic mass is 16.2. The second-order valence-electron chi connectivity index (χ2n) is 8.73. The third-order valence-electron chi connectivity index (χ3n) is 6.46. The Morgan fingerprint density at radius 1 is 1.00 bits per heavy atom. The molecule has 3 heterocycles. The number of nitrogens with zero attached hydrogens (tertiary/aromatic N) is 5. The van der Waals surface area contributed by atoms with Crippen molar-refractivity contribution in [1.82, 2.24) is 14.7 Å². The molecule has 2 aromatic carbocycles. The maximum absolute atomic E-state index is 13.5. The van der Waals surface area contributed by atoms with E-state index in [0.29, 0.717) is 6.54 Å².